The van der Waals surface area contributed by atoms with Gasteiger partial charge in [0.1, 0.15) is 11.6 Å². The third-order valence-corrected chi connectivity index (χ3v) is 4.59. The third-order valence-electron chi connectivity index (χ3n) is 4.59. The first-order valence-corrected chi connectivity index (χ1v) is 8.98. The van der Waals surface area contributed by atoms with Gasteiger partial charge in [-0.1, -0.05) is 12.1 Å². The minimum absolute atomic E-state index is 0.0225. The third kappa shape index (κ3) is 4.35. The predicted molar refractivity (Wildman–Crippen MR) is 98.8 cm³/mol. The summed E-state index contributed by atoms with van der Waals surface area (Å²) < 4.78 is 86.8. The van der Waals surface area contributed by atoms with Crippen molar-refractivity contribution in [3.05, 3.63) is 72.6 Å². The summed E-state index contributed by atoms with van der Waals surface area (Å²) in [5.74, 6) is -0.917. The fraction of sp³-hybridized carbons (Fsp3) is 0.200. The van der Waals surface area contributed by atoms with Crippen molar-refractivity contribution in [2.24, 2.45) is 0 Å². The second kappa shape index (κ2) is 7.64. The molecule has 31 heavy (non-hydrogen) atoms. The number of nitrogens with one attached hydrogen (secondary N) is 1. The van der Waals surface area contributed by atoms with Gasteiger partial charge >= 0.3 is 12.4 Å². The summed E-state index contributed by atoms with van der Waals surface area (Å²) in [4.78, 5) is 10.9. The lowest BCUT2D eigenvalue weighted by molar-refractivity contribution is -0.197. The zero-order valence-corrected chi connectivity index (χ0v) is 15.6. The van der Waals surface area contributed by atoms with E-state index in [1.54, 1.807) is 18.2 Å². The zero-order chi connectivity index (χ0) is 22.2. The quantitative estimate of drug-likeness (QED) is 0.428. The molecule has 0 aliphatic rings. The molecule has 11 heteroatoms. The van der Waals surface area contributed by atoms with Crippen LogP contribution in [0, 0.1) is 0 Å². The van der Waals surface area contributed by atoms with E-state index < -0.39 is 36.2 Å². The van der Waals surface area contributed by atoms with Gasteiger partial charge in [0.2, 0.25) is 6.10 Å². The van der Waals surface area contributed by atoms with Crippen LogP contribution >= 0.6 is 0 Å². The first kappa shape index (κ1) is 20.8. The Morgan fingerprint density at radius 2 is 1.77 bits per heavy atom. The highest BCUT2D eigenvalue weighted by atomic mass is 19.4. The molecule has 2 aromatic heterocycles. The van der Waals surface area contributed by atoms with E-state index in [4.69, 9.17) is 4.74 Å². The van der Waals surface area contributed by atoms with Crippen LogP contribution in [0.1, 0.15) is 11.4 Å². The molecule has 1 atom stereocenters. The van der Waals surface area contributed by atoms with E-state index in [0.717, 1.165) is 12.1 Å². The number of H-pyrrole nitrogens is 1. The summed E-state index contributed by atoms with van der Waals surface area (Å²) in [7, 11) is 0. The molecular formula is C20H14F6N4O. The number of fused-ring (bicyclic) bond motifs is 1. The summed E-state index contributed by atoms with van der Waals surface area (Å²) in [5.41, 5.74) is 0.573. The van der Waals surface area contributed by atoms with Crippen LogP contribution in [0.25, 0.3) is 16.7 Å². The Morgan fingerprint density at radius 3 is 2.52 bits per heavy atom. The van der Waals surface area contributed by atoms with E-state index in [2.05, 4.69) is 15.0 Å². The molecule has 2 heterocycles. The second-order valence-corrected chi connectivity index (χ2v) is 6.66. The van der Waals surface area contributed by atoms with Crippen molar-refractivity contribution in [3.8, 4) is 11.4 Å². The van der Waals surface area contributed by atoms with Crippen molar-refractivity contribution in [2.45, 2.75) is 24.9 Å². The summed E-state index contributed by atoms with van der Waals surface area (Å²) >= 11 is 0. The summed E-state index contributed by atoms with van der Waals surface area (Å²) in [6.45, 7) is 0. The first-order valence-electron chi connectivity index (χ1n) is 8.98. The molecule has 1 unspecified atom stereocenters. The Labute approximate surface area is 171 Å². The molecule has 4 rings (SSSR count). The van der Waals surface area contributed by atoms with Crippen molar-refractivity contribution in [3.63, 3.8) is 0 Å². The largest absolute Gasteiger partial charge is 0.480 e. The molecule has 0 amide bonds. The van der Waals surface area contributed by atoms with Gasteiger partial charge in [0, 0.05) is 18.1 Å². The van der Waals surface area contributed by atoms with Gasteiger partial charge < -0.3 is 14.3 Å². The standard InChI is InChI=1S/C20H14F6N4O/c21-19(22,23)13-3-1-2-4-16(13)31-17(20(24,25)26)10-18-27-7-8-30(18)12-5-6-14-15(9-12)29-11-28-14/h1-9,11,17H,10H2,(H,28,29). The van der Waals surface area contributed by atoms with Gasteiger partial charge in [-0.25, -0.2) is 9.97 Å². The van der Waals surface area contributed by atoms with Gasteiger partial charge in [0.25, 0.3) is 0 Å². The number of para-hydroxylation sites is 1. The molecule has 0 fully saturated rings. The Kier molecular flexibility index (Phi) is 5.11. The topological polar surface area (TPSA) is 55.7 Å². The lowest BCUT2D eigenvalue weighted by atomic mass is 10.1. The molecule has 0 radical (unpaired) electrons. The number of imidazole rings is 2. The second-order valence-electron chi connectivity index (χ2n) is 6.66. The highest BCUT2D eigenvalue weighted by Crippen LogP contribution is 2.38. The number of halogens is 6. The van der Waals surface area contributed by atoms with Crippen LogP contribution in [-0.2, 0) is 12.6 Å². The average Bonchev–Trinajstić information content (AvgIpc) is 3.34. The van der Waals surface area contributed by atoms with Crippen LogP contribution in [0.4, 0.5) is 26.3 Å². The number of ether oxygens (including phenoxy) is 1. The molecule has 1 N–H and O–H groups in total. The van der Waals surface area contributed by atoms with E-state index >= 15 is 0 Å². The van der Waals surface area contributed by atoms with E-state index in [9.17, 15) is 26.3 Å². The van der Waals surface area contributed by atoms with Crippen molar-refractivity contribution in [1.82, 2.24) is 19.5 Å². The fourth-order valence-electron chi connectivity index (χ4n) is 3.14. The molecular weight excluding hydrogens is 426 g/mol. The normalized spacial score (nSPS) is 13.5. The smallest absolute Gasteiger partial charge is 0.425 e. The molecule has 162 valence electrons. The van der Waals surface area contributed by atoms with Crippen molar-refractivity contribution >= 4 is 11.0 Å². The predicted octanol–water partition coefficient (Wildman–Crippen LogP) is 5.32. The zero-order valence-electron chi connectivity index (χ0n) is 15.6. The highest BCUT2D eigenvalue weighted by molar-refractivity contribution is 5.76. The Bertz CT molecular complexity index is 1190. The van der Waals surface area contributed by atoms with E-state index in [-0.39, 0.29) is 5.82 Å². The fourth-order valence-corrected chi connectivity index (χ4v) is 3.14. The van der Waals surface area contributed by atoms with Gasteiger partial charge in [0.05, 0.1) is 29.3 Å². The van der Waals surface area contributed by atoms with Crippen LogP contribution < -0.4 is 4.74 Å². The van der Waals surface area contributed by atoms with Crippen molar-refractivity contribution < 1.29 is 31.1 Å². The monoisotopic (exact) mass is 440 g/mol. The van der Waals surface area contributed by atoms with Gasteiger partial charge in [-0.2, -0.15) is 26.3 Å². The molecule has 0 aliphatic heterocycles. The van der Waals surface area contributed by atoms with Crippen molar-refractivity contribution in [1.29, 1.82) is 0 Å². The van der Waals surface area contributed by atoms with Crippen LogP contribution in [0.15, 0.2) is 61.2 Å². The summed E-state index contributed by atoms with van der Waals surface area (Å²) in [6, 6.07) is 8.80. The van der Waals surface area contributed by atoms with Gasteiger partial charge in [-0.05, 0) is 30.3 Å². The molecule has 0 spiro atoms. The maximum atomic E-state index is 13.7. The molecule has 5 nitrogen and oxygen atoms in total. The van der Waals surface area contributed by atoms with E-state index in [1.165, 1.54) is 29.4 Å². The Morgan fingerprint density at radius 1 is 1.00 bits per heavy atom. The Hall–Kier alpha value is -3.50. The van der Waals surface area contributed by atoms with E-state index in [1.807, 2.05) is 0 Å². The van der Waals surface area contributed by atoms with Gasteiger partial charge in [-0.15, -0.1) is 0 Å². The summed E-state index contributed by atoms with van der Waals surface area (Å²) in [5, 5.41) is 0. The number of alkyl halides is 6. The number of hydrogen-bond acceptors (Lipinski definition) is 3. The number of hydrogen-bond donors (Lipinski definition) is 1. The van der Waals surface area contributed by atoms with Crippen LogP contribution in [0.5, 0.6) is 5.75 Å². The minimum Gasteiger partial charge on any atom is -0.480 e. The lowest BCUT2D eigenvalue weighted by Gasteiger charge is -2.24. The highest BCUT2D eigenvalue weighted by Gasteiger charge is 2.44. The van der Waals surface area contributed by atoms with E-state index in [0.29, 0.717) is 22.8 Å². The van der Waals surface area contributed by atoms with Crippen LogP contribution in [0.2, 0.25) is 0 Å². The van der Waals surface area contributed by atoms with Crippen molar-refractivity contribution in [2.75, 3.05) is 0 Å². The Balaban J connectivity index is 1.66. The van der Waals surface area contributed by atoms with Gasteiger partial charge in [-0.3, -0.25) is 0 Å². The van der Waals surface area contributed by atoms with Gasteiger partial charge in [0.15, 0.2) is 0 Å². The number of rotatable bonds is 5. The molecule has 0 saturated carbocycles. The minimum atomic E-state index is -4.93. The SMILES string of the molecule is FC(F)(F)c1ccccc1OC(Cc1nccn1-c1ccc2nc[nH]c2c1)C(F)(F)F. The molecule has 2 aromatic carbocycles. The summed E-state index contributed by atoms with van der Waals surface area (Å²) in [6.07, 6.45) is -8.85. The number of nitrogens with zero attached hydrogens (tertiary/aromatic N) is 3. The molecule has 0 bridgehead atoms. The van der Waals surface area contributed by atoms with Crippen LogP contribution in [0.3, 0.4) is 0 Å². The number of aromatic nitrogens is 4. The average molecular weight is 440 g/mol. The van der Waals surface area contributed by atoms with Crippen LogP contribution in [-0.4, -0.2) is 31.8 Å². The number of benzene rings is 2. The number of aromatic amines is 1. The molecule has 0 saturated heterocycles. The maximum absolute atomic E-state index is 13.7. The lowest BCUT2D eigenvalue weighted by Crippen LogP contribution is -2.37. The molecule has 0 aliphatic carbocycles. The maximum Gasteiger partial charge on any atom is 0.425 e. The first-order chi connectivity index (χ1) is 14.6. The molecule has 4 aromatic rings.